The topological polar surface area (TPSA) is 73.2 Å². The fourth-order valence-corrected chi connectivity index (χ4v) is 1.59. The fourth-order valence-electron chi connectivity index (χ4n) is 1.59. The lowest BCUT2D eigenvalue weighted by atomic mass is 10.2. The summed E-state index contributed by atoms with van der Waals surface area (Å²) in [7, 11) is 2.60. The molecule has 0 bridgehead atoms. The number of hydrogen-bond acceptors (Lipinski definition) is 5. The van der Waals surface area contributed by atoms with E-state index in [1.165, 1.54) is 32.4 Å². The highest BCUT2D eigenvalue weighted by Gasteiger charge is 2.17. The highest BCUT2D eigenvalue weighted by molar-refractivity contribution is 5.94. The van der Waals surface area contributed by atoms with Crippen LogP contribution in [-0.4, -0.2) is 22.9 Å². The Morgan fingerprint density at radius 2 is 2.05 bits per heavy atom. The van der Waals surface area contributed by atoms with Crippen molar-refractivity contribution in [1.82, 2.24) is 9.78 Å². The minimum Gasteiger partial charge on any atom is -0.464 e. The molecule has 0 saturated heterocycles. The van der Waals surface area contributed by atoms with E-state index in [1.54, 1.807) is 6.07 Å². The van der Waals surface area contributed by atoms with Crippen LogP contribution in [-0.2, 0) is 11.8 Å². The zero-order valence-electron chi connectivity index (χ0n) is 10.9. The van der Waals surface area contributed by atoms with E-state index < -0.39 is 17.3 Å². The van der Waals surface area contributed by atoms with E-state index in [-0.39, 0.29) is 17.1 Å². The van der Waals surface area contributed by atoms with Crippen LogP contribution in [0.3, 0.4) is 0 Å². The molecule has 0 fully saturated rings. The molecule has 1 N–H and O–H groups in total. The van der Waals surface area contributed by atoms with Gasteiger partial charge in [-0.3, -0.25) is 4.79 Å². The number of nitrogens with one attached hydrogen (secondary N) is 1. The van der Waals surface area contributed by atoms with Crippen LogP contribution in [0, 0.1) is 5.82 Å². The number of para-hydroxylation sites is 1. The predicted octanol–water partition coefficient (Wildman–Crippen LogP) is 1.45. The quantitative estimate of drug-likeness (QED) is 0.860. The molecule has 0 aliphatic carbocycles. The molecule has 20 heavy (non-hydrogen) atoms. The van der Waals surface area contributed by atoms with E-state index in [0.29, 0.717) is 0 Å². The van der Waals surface area contributed by atoms with Gasteiger partial charge in [-0.1, -0.05) is 12.1 Å². The van der Waals surface area contributed by atoms with Gasteiger partial charge in [-0.15, -0.1) is 0 Å². The summed E-state index contributed by atoms with van der Waals surface area (Å²) in [6.45, 7) is 0. The van der Waals surface area contributed by atoms with Crippen molar-refractivity contribution < 1.29 is 13.9 Å². The first kappa shape index (κ1) is 13.7. The molecule has 1 aromatic carbocycles. The molecule has 0 unspecified atom stereocenters. The third-order valence-corrected chi connectivity index (χ3v) is 2.61. The van der Waals surface area contributed by atoms with Gasteiger partial charge in [-0.25, -0.2) is 13.9 Å². The Bertz CT molecular complexity index is 712. The van der Waals surface area contributed by atoms with Gasteiger partial charge in [0.15, 0.2) is 5.69 Å². The number of aromatic nitrogens is 2. The van der Waals surface area contributed by atoms with E-state index in [4.69, 9.17) is 0 Å². The summed E-state index contributed by atoms with van der Waals surface area (Å²) in [4.78, 5) is 23.2. The van der Waals surface area contributed by atoms with Crippen LogP contribution >= 0.6 is 0 Å². The minimum absolute atomic E-state index is 0.0880. The molecule has 1 heterocycles. The lowest BCUT2D eigenvalue weighted by Crippen LogP contribution is -2.23. The molecule has 0 atom stereocenters. The van der Waals surface area contributed by atoms with Crippen molar-refractivity contribution in [3.05, 3.63) is 52.2 Å². The Balaban J connectivity index is 2.50. The van der Waals surface area contributed by atoms with Crippen LogP contribution in [0.1, 0.15) is 10.5 Å². The maximum Gasteiger partial charge on any atom is 0.360 e. The Labute approximate surface area is 113 Å². The summed E-state index contributed by atoms with van der Waals surface area (Å²) < 4.78 is 19.2. The Hall–Kier alpha value is -2.70. The standard InChI is InChI=1S/C13H12FN3O3/c1-17-11(18)7-10(12(16-17)13(19)20-2)15-9-6-4-3-5-8(9)14/h3-7,15H,1-2H3. The summed E-state index contributed by atoms with van der Waals surface area (Å²) in [5.74, 6) is -1.23. The first-order valence-corrected chi connectivity index (χ1v) is 5.71. The number of halogens is 1. The normalized spacial score (nSPS) is 10.2. The van der Waals surface area contributed by atoms with Crippen molar-refractivity contribution in [2.45, 2.75) is 0 Å². The first-order chi connectivity index (χ1) is 9.52. The number of carbonyl (C=O) groups excluding carboxylic acids is 1. The zero-order valence-corrected chi connectivity index (χ0v) is 10.9. The molecule has 2 rings (SSSR count). The van der Waals surface area contributed by atoms with Crippen LogP contribution in [0.2, 0.25) is 0 Å². The SMILES string of the molecule is COC(=O)c1nn(C)c(=O)cc1Nc1ccccc1F. The Morgan fingerprint density at radius 3 is 2.70 bits per heavy atom. The number of nitrogens with zero attached hydrogens (tertiary/aromatic N) is 2. The number of anilines is 2. The largest absolute Gasteiger partial charge is 0.464 e. The number of methoxy groups -OCH3 is 1. The molecule has 0 radical (unpaired) electrons. The average Bonchev–Trinajstić information content (AvgIpc) is 2.44. The second-order valence-corrected chi connectivity index (χ2v) is 3.96. The number of hydrogen-bond donors (Lipinski definition) is 1. The first-order valence-electron chi connectivity index (χ1n) is 5.71. The van der Waals surface area contributed by atoms with Crippen LogP contribution in [0.25, 0.3) is 0 Å². The van der Waals surface area contributed by atoms with Gasteiger partial charge in [0.25, 0.3) is 5.56 Å². The second kappa shape index (κ2) is 5.52. The molecular weight excluding hydrogens is 265 g/mol. The van der Waals surface area contributed by atoms with Crippen molar-refractivity contribution in [2.75, 3.05) is 12.4 Å². The van der Waals surface area contributed by atoms with Gasteiger partial charge < -0.3 is 10.1 Å². The van der Waals surface area contributed by atoms with E-state index in [9.17, 15) is 14.0 Å². The van der Waals surface area contributed by atoms with E-state index in [1.807, 2.05) is 0 Å². The molecular formula is C13H12FN3O3. The third kappa shape index (κ3) is 2.66. The summed E-state index contributed by atoms with van der Waals surface area (Å²) >= 11 is 0. The highest BCUT2D eigenvalue weighted by atomic mass is 19.1. The van der Waals surface area contributed by atoms with Crippen LogP contribution in [0.4, 0.5) is 15.8 Å². The van der Waals surface area contributed by atoms with Crippen molar-refractivity contribution in [2.24, 2.45) is 7.05 Å². The Kier molecular flexibility index (Phi) is 3.79. The summed E-state index contributed by atoms with van der Waals surface area (Å²) in [5, 5.41) is 6.49. The number of benzene rings is 1. The number of ether oxygens (including phenoxy) is 1. The number of aryl methyl sites for hydroxylation is 1. The van der Waals surface area contributed by atoms with Crippen LogP contribution in [0.15, 0.2) is 35.1 Å². The van der Waals surface area contributed by atoms with E-state index in [0.717, 1.165) is 10.7 Å². The maximum absolute atomic E-state index is 13.6. The van der Waals surface area contributed by atoms with Gasteiger partial charge in [0.1, 0.15) is 5.82 Å². The molecule has 0 aliphatic rings. The summed E-state index contributed by atoms with van der Waals surface area (Å²) in [5.41, 5.74) is -0.313. The number of rotatable bonds is 3. The Morgan fingerprint density at radius 1 is 1.35 bits per heavy atom. The smallest absolute Gasteiger partial charge is 0.360 e. The predicted molar refractivity (Wildman–Crippen MR) is 70.5 cm³/mol. The van der Waals surface area contributed by atoms with Gasteiger partial charge in [-0.2, -0.15) is 5.10 Å². The zero-order chi connectivity index (χ0) is 14.7. The molecule has 104 valence electrons. The molecule has 0 saturated carbocycles. The van der Waals surface area contributed by atoms with Gasteiger partial charge in [-0.05, 0) is 12.1 Å². The molecule has 1 aromatic heterocycles. The highest BCUT2D eigenvalue weighted by Crippen LogP contribution is 2.20. The van der Waals surface area contributed by atoms with Crippen LogP contribution < -0.4 is 10.9 Å². The lowest BCUT2D eigenvalue weighted by Gasteiger charge is -2.11. The summed E-state index contributed by atoms with van der Waals surface area (Å²) in [6.07, 6.45) is 0. The lowest BCUT2D eigenvalue weighted by molar-refractivity contribution is 0.0592. The molecule has 2 aromatic rings. The fraction of sp³-hybridized carbons (Fsp3) is 0.154. The molecule has 0 aliphatic heterocycles. The van der Waals surface area contributed by atoms with Gasteiger partial charge in [0.05, 0.1) is 18.5 Å². The van der Waals surface area contributed by atoms with Gasteiger partial charge in [0.2, 0.25) is 0 Å². The second-order valence-electron chi connectivity index (χ2n) is 3.96. The minimum atomic E-state index is -0.723. The van der Waals surface area contributed by atoms with Crippen molar-refractivity contribution in [1.29, 1.82) is 0 Å². The molecule has 7 heteroatoms. The number of carbonyl (C=O) groups is 1. The van der Waals surface area contributed by atoms with Crippen LogP contribution in [0.5, 0.6) is 0 Å². The molecule has 0 amide bonds. The van der Waals surface area contributed by atoms with Crippen molar-refractivity contribution in [3.8, 4) is 0 Å². The monoisotopic (exact) mass is 277 g/mol. The molecule has 6 nitrogen and oxygen atoms in total. The maximum atomic E-state index is 13.6. The molecule has 0 spiro atoms. The van der Waals surface area contributed by atoms with Crippen molar-refractivity contribution in [3.63, 3.8) is 0 Å². The third-order valence-electron chi connectivity index (χ3n) is 2.61. The van der Waals surface area contributed by atoms with Gasteiger partial charge in [0, 0.05) is 13.1 Å². The van der Waals surface area contributed by atoms with E-state index in [2.05, 4.69) is 15.2 Å². The summed E-state index contributed by atoms with van der Waals surface area (Å²) in [6, 6.07) is 7.05. The average molecular weight is 277 g/mol. The van der Waals surface area contributed by atoms with Gasteiger partial charge >= 0.3 is 5.97 Å². The number of esters is 1. The van der Waals surface area contributed by atoms with E-state index >= 15 is 0 Å². The van der Waals surface area contributed by atoms with Crippen molar-refractivity contribution >= 4 is 17.3 Å².